The molecule has 0 aliphatic heterocycles. The average molecular weight is 235 g/mol. The molecule has 0 saturated heterocycles. The van der Waals surface area contributed by atoms with Gasteiger partial charge in [-0.05, 0) is 56.9 Å². The first-order valence-electron chi connectivity index (χ1n) is 7.56. The fourth-order valence-electron chi connectivity index (χ4n) is 3.78. The van der Waals surface area contributed by atoms with Crippen molar-refractivity contribution in [3.8, 4) is 0 Å². The van der Waals surface area contributed by atoms with Crippen LogP contribution in [0.2, 0.25) is 0 Å². The Labute approximate surface area is 107 Å². The van der Waals surface area contributed by atoms with Gasteiger partial charge < -0.3 is 5.32 Å². The predicted molar refractivity (Wildman–Crippen MR) is 75.1 cm³/mol. The number of hydrogen-bond donors (Lipinski definition) is 1. The second kappa shape index (κ2) is 6.04. The Kier molecular flexibility index (Phi) is 4.67. The van der Waals surface area contributed by atoms with E-state index in [0.29, 0.717) is 0 Å². The first kappa shape index (κ1) is 13.1. The minimum atomic E-state index is 0.791. The van der Waals surface area contributed by atoms with E-state index < -0.39 is 0 Å². The average Bonchev–Trinajstić information content (AvgIpc) is 2.27. The van der Waals surface area contributed by atoms with Crippen molar-refractivity contribution in [1.82, 2.24) is 5.32 Å². The third-order valence-electron chi connectivity index (χ3n) is 4.67. The molecule has 0 heterocycles. The van der Waals surface area contributed by atoms with Crippen LogP contribution in [-0.2, 0) is 0 Å². The topological polar surface area (TPSA) is 12.0 Å². The Hall–Kier alpha value is -0.300. The molecule has 1 heteroatoms. The monoisotopic (exact) mass is 235 g/mol. The quantitative estimate of drug-likeness (QED) is 0.725. The summed E-state index contributed by atoms with van der Waals surface area (Å²) < 4.78 is 0. The lowest BCUT2D eigenvalue weighted by molar-refractivity contribution is 0.258. The van der Waals surface area contributed by atoms with Gasteiger partial charge in [-0.2, -0.15) is 0 Å². The summed E-state index contributed by atoms with van der Waals surface area (Å²) in [6.07, 6.45) is 10.9. The van der Waals surface area contributed by atoms with Crippen molar-refractivity contribution in [2.75, 3.05) is 6.54 Å². The van der Waals surface area contributed by atoms with E-state index in [1.807, 2.05) is 0 Å². The van der Waals surface area contributed by atoms with Gasteiger partial charge in [0.15, 0.2) is 0 Å². The summed E-state index contributed by atoms with van der Waals surface area (Å²) in [5.41, 5.74) is 1.60. The second-order valence-electron chi connectivity index (χ2n) is 6.57. The molecule has 0 aromatic carbocycles. The van der Waals surface area contributed by atoms with E-state index in [1.54, 1.807) is 5.57 Å². The van der Waals surface area contributed by atoms with E-state index in [1.165, 1.54) is 45.1 Å². The highest BCUT2D eigenvalue weighted by atomic mass is 14.9. The molecule has 17 heavy (non-hydrogen) atoms. The zero-order valence-corrected chi connectivity index (χ0v) is 11.8. The van der Waals surface area contributed by atoms with Gasteiger partial charge in [-0.25, -0.2) is 0 Å². The summed E-state index contributed by atoms with van der Waals surface area (Å²) in [4.78, 5) is 0. The van der Waals surface area contributed by atoms with Crippen LogP contribution in [0.15, 0.2) is 11.6 Å². The van der Waals surface area contributed by atoms with Gasteiger partial charge in [-0.15, -0.1) is 0 Å². The summed E-state index contributed by atoms with van der Waals surface area (Å²) in [5, 5.41) is 3.85. The largest absolute Gasteiger partial charge is 0.313 e. The minimum absolute atomic E-state index is 0.791. The van der Waals surface area contributed by atoms with Crippen molar-refractivity contribution >= 4 is 0 Å². The zero-order chi connectivity index (χ0) is 12.3. The smallest absolute Gasteiger partial charge is 0.00928 e. The highest BCUT2D eigenvalue weighted by molar-refractivity contribution is 5.06. The van der Waals surface area contributed by atoms with Crippen LogP contribution < -0.4 is 5.32 Å². The molecule has 98 valence electrons. The molecule has 1 N–H and O–H groups in total. The number of nitrogens with one attached hydrogen (secondary N) is 1. The summed E-state index contributed by atoms with van der Waals surface area (Å²) in [6, 6.07) is 0.797. The van der Waals surface area contributed by atoms with Crippen molar-refractivity contribution in [3.05, 3.63) is 11.6 Å². The summed E-state index contributed by atoms with van der Waals surface area (Å²) in [5.74, 6) is 2.56. The Balaban J connectivity index is 1.76. The molecular weight excluding hydrogens is 206 g/mol. The van der Waals surface area contributed by atoms with Crippen LogP contribution in [0.5, 0.6) is 0 Å². The first-order chi connectivity index (χ1) is 8.15. The molecule has 4 atom stereocenters. The summed E-state index contributed by atoms with van der Waals surface area (Å²) in [7, 11) is 0. The molecule has 0 spiro atoms. The minimum Gasteiger partial charge on any atom is -0.313 e. The molecular formula is C16H29N. The maximum Gasteiger partial charge on any atom is 0.00928 e. The van der Waals surface area contributed by atoms with Gasteiger partial charge in [0.25, 0.3) is 0 Å². The van der Waals surface area contributed by atoms with Crippen LogP contribution in [-0.4, -0.2) is 12.6 Å². The molecule has 1 nitrogen and oxygen atoms in total. The zero-order valence-electron chi connectivity index (χ0n) is 11.8. The molecule has 2 aliphatic carbocycles. The molecule has 0 amide bonds. The molecule has 1 saturated carbocycles. The number of rotatable bonds is 3. The second-order valence-corrected chi connectivity index (χ2v) is 6.57. The van der Waals surface area contributed by atoms with E-state index in [4.69, 9.17) is 0 Å². The van der Waals surface area contributed by atoms with Crippen LogP contribution >= 0.6 is 0 Å². The first-order valence-corrected chi connectivity index (χ1v) is 7.56. The van der Waals surface area contributed by atoms with Crippen LogP contribution in [0, 0.1) is 17.8 Å². The Bertz CT molecular complexity index is 269. The van der Waals surface area contributed by atoms with Crippen LogP contribution in [0.3, 0.4) is 0 Å². The maximum atomic E-state index is 3.85. The summed E-state index contributed by atoms with van der Waals surface area (Å²) in [6.45, 7) is 8.32. The van der Waals surface area contributed by atoms with E-state index in [-0.39, 0.29) is 0 Å². The molecule has 2 rings (SSSR count). The summed E-state index contributed by atoms with van der Waals surface area (Å²) >= 11 is 0. The Morgan fingerprint density at radius 2 is 2.00 bits per heavy atom. The van der Waals surface area contributed by atoms with Gasteiger partial charge in [0.05, 0.1) is 0 Å². The normalized spacial score (nSPS) is 38.9. The standard InChI is InChI=1S/C16H29N/c1-12-8-13(2)10-15(9-12)11-17-16-7-5-4-6-14(16)3/h8,12,14-17H,4-7,9-11H2,1-3H3. The Morgan fingerprint density at radius 3 is 2.71 bits per heavy atom. The fourth-order valence-corrected chi connectivity index (χ4v) is 3.78. The number of hydrogen-bond acceptors (Lipinski definition) is 1. The third kappa shape index (κ3) is 3.84. The number of allylic oxidation sites excluding steroid dienone is 2. The van der Waals surface area contributed by atoms with Crippen LogP contribution in [0.4, 0.5) is 0 Å². The third-order valence-corrected chi connectivity index (χ3v) is 4.67. The Morgan fingerprint density at radius 1 is 1.24 bits per heavy atom. The van der Waals surface area contributed by atoms with E-state index in [9.17, 15) is 0 Å². The lowest BCUT2D eigenvalue weighted by Crippen LogP contribution is -2.40. The van der Waals surface area contributed by atoms with Gasteiger partial charge in [0.2, 0.25) is 0 Å². The van der Waals surface area contributed by atoms with Crippen molar-refractivity contribution < 1.29 is 0 Å². The van der Waals surface area contributed by atoms with Gasteiger partial charge in [-0.1, -0.05) is 38.3 Å². The van der Waals surface area contributed by atoms with Crippen LogP contribution in [0.1, 0.15) is 59.3 Å². The van der Waals surface area contributed by atoms with Crippen molar-refractivity contribution in [2.45, 2.75) is 65.3 Å². The van der Waals surface area contributed by atoms with Gasteiger partial charge in [-0.3, -0.25) is 0 Å². The van der Waals surface area contributed by atoms with E-state index in [2.05, 4.69) is 32.2 Å². The van der Waals surface area contributed by atoms with Gasteiger partial charge in [0.1, 0.15) is 0 Å². The predicted octanol–water partition coefficient (Wildman–Crippen LogP) is 4.15. The van der Waals surface area contributed by atoms with E-state index >= 15 is 0 Å². The molecule has 0 radical (unpaired) electrons. The van der Waals surface area contributed by atoms with Crippen molar-refractivity contribution in [3.63, 3.8) is 0 Å². The molecule has 0 aromatic rings. The molecule has 0 aromatic heterocycles. The van der Waals surface area contributed by atoms with E-state index in [0.717, 1.165) is 23.8 Å². The van der Waals surface area contributed by atoms with Crippen LogP contribution in [0.25, 0.3) is 0 Å². The van der Waals surface area contributed by atoms with Crippen molar-refractivity contribution in [1.29, 1.82) is 0 Å². The van der Waals surface area contributed by atoms with Gasteiger partial charge in [0, 0.05) is 6.04 Å². The highest BCUT2D eigenvalue weighted by Crippen LogP contribution is 2.28. The molecule has 0 bridgehead atoms. The highest BCUT2D eigenvalue weighted by Gasteiger charge is 2.23. The maximum absolute atomic E-state index is 3.85. The van der Waals surface area contributed by atoms with Crippen molar-refractivity contribution in [2.24, 2.45) is 17.8 Å². The molecule has 2 aliphatic rings. The SMILES string of the molecule is CC1=CC(C)CC(CNC2CCCCC2C)C1. The lowest BCUT2D eigenvalue weighted by Gasteiger charge is -2.33. The molecule has 4 unspecified atom stereocenters. The molecule has 1 fully saturated rings. The lowest BCUT2D eigenvalue weighted by atomic mass is 9.82. The van der Waals surface area contributed by atoms with Gasteiger partial charge >= 0.3 is 0 Å². The fraction of sp³-hybridized carbons (Fsp3) is 0.875.